The van der Waals surface area contributed by atoms with Crippen molar-refractivity contribution in [3.05, 3.63) is 24.0 Å². The van der Waals surface area contributed by atoms with Crippen LogP contribution in [-0.4, -0.2) is 41.1 Å². The molecule has 1 saturated carbocycles. The first-order valence-corrected chi connectivity index (χ1v) is 7.49. The third kappa shape index (κ3) is 2.54. The first-order chi connectivity index (χ1) is 9.31. The Balaban J connectivity index is 1.80. The third-order valence-corrected chi connectivity index (χ3v) is 4.29. The van der Waals surface area contributed by atoms with E-state index in [1.165, 1.54) is 12.8 Å². The summed E-state index contributed by atoms with van der Waals surface area (Å²) in [6.07, 6.45) is 6.65. The highest BCUT2D eigenvalue weighted by molar-refractivity contribution is 5.93. The van der Waals surface area contributed by atoms with Gasteiger partial charge in [-0.05, 0) is 57.8 Å². The predicted octanol–water partition coefficient (Wildman–Crippen LogP) is 2.04. The molecule has 2 heterocycles. The fourth-order valence-electron chi connectivity index (χ4n) is 3.08. The summed E-state index contributed by atoms with van der Waals surface area (Å²) in [5.74, 6) is 0.216. The molecule has 104 valence electrons. The summed E-state index contributed by atoms with van der Waals surface area (Å²) >= 11 is 0. The van der Waals surface area contributed by atoms with Crippen molar-refractivity contribution in [2.45, 2.75) is 44.7 Å². The van der Waals surface area contributed by atoms with Gasteiger partial charge in [-0.2, -0.15) is 0 Å². The molecule has 0 spiro atoms. The molecular weight excluding hydrogens is 238 g/mol. The second-order valence-electron chi connectivity index (χ2n) is 5.60. The lowest BCUT2D eigenvalue weighted by molar-refractivity contribution is 0.0738. The van der Waals surface area contributed by atoms with Crippen LogP contribution < -0.4 is 5.32 Å². The van der Waals surface area contributed by atoms with Crippen molar-refractivity contribution < 1.29 is 4.79 Å². The van der Waals surface area contributed by atoms with Gasteiger partial charge in [0.15, 0.2) is 0 Å². The Bertz CT molecular complexity index is 444. The topological polar surface area (TPSA) is 37.3 Å². The smallest absolute Gasteiger partial charge is 0.270 e. The minimum atomic E-state index is 0.216. The lowest BCUT2D eigenvalue weighted by Gasteiger charge is -2.28. The number of aromatic nitrogens is 1. The van der Waals surface area contributed by atoms with Crippen molar-refractivity contribution in [2.75, 3.05) is 19.6 Å². The number of carbonyl (C=O) groups excluding carboxylic acids is 1. The summed E-state index contributed by atoms with van der Waals surface area (Å²) in [6, 6.07) is 4.97. The Labute approximate surface area is 114 Å². The van der Waals surface area contributed by atoms with Gasteiger partial charge < -0.3 is 14.8 Å². The molecule has 0 atom stereocenters. The minimum absolute atomic E-state index is 0.216. The van der Waals surface area contributed by atoms with Gasteiger partial charge in [0.25, 0.3) is 5.91 Å². The maximum atomic E-state index is 12.7. The standard InChI is InChI=1S/C15H23N3O/c1-2-17(12-5-6-12)15(19)14-4-3-11-18(14)13-7-9-16-10-8-13/h3-4,11-13,16H,2,5-10H2,1H3. The largest absolute Gasteiger partial charge is 0.340 e. The maximum Gasteiger partial charge on any atom is 0.270 e. The number of nitrogens with zero attached hydrogens (tertiary/aromatic N) is 2. The van der Waals surface area contributed by atoms with Crippen LogP contribution in [0, 0.1) is 0 Å². The van der Waals surface area contributed by atoms with Gasteiger partial charge in [-0.25, -0.2) is 0 Å². The third-order valence-electron chi connectivity index (χ3n) is 4.29. The quantitative estimate of drug-likeness (QED) is 0.900. The van der Waals surface area contributed by atoms with Crippen LogP contribution in [0.5, 0.6) is 0 Å². The summed E-state index contributed by atoms with van der Waals surface area (Å²) < 4.78 is 2.20. The fraction of sp³-hybridized carbons (Fsp3) is 0.667. The molecule has 19 heavy (non-hydrogen) atoms. The Hall–Kier alpha value is -1.29. The molecular formula is C15H23N3O. The van der Waals surface area contributed by atoms with Gasteiger partial charge in [-0.1, -0.05) is 0 Å². The van der Waals surface area contributed by atoms with Gasteiger partial charge in [0.1, 0.15) is 5.69 Å². The van der Waals surface area contributed by atoms with Gasteiger partial charge in [0, 0.05) is 24.8 Å². The molecule has 4 nitrogen and oxygen atoms in total. The van der Waals surface area contributed by atoms with Crippen LogP contribution in [0.4, 0.5) is 0 Å². The van der Waals surface area contributed by atoms with E-state index in [0.29, 0.717) is 12.1 Å². The number of hydrogen-bond donors (Lipinski definition) is 1. The molecule has 3 rings (SSSR count). The zero-order valence-corrected chi connectivity index (χ0v) is 11.6. The van der Waals surface area contributed by atoms with Crippen LogP contribution in [0.1, 0.15) is 49.1 Å². The zero-order chi connectivity index (χ0) is 13.2. The van der Waals surface area contributed by atoms with E-state index in [1.807, 2.05) is 17.0 Å². The Morgan fingerprint density at radius 3 is 2.74 bits per heavy atom. The van der Waals surface area contributed by atoms with Gasteiger partial charge in [0.2, 0.25) is 0 Å². The fourth-order valence-corrected chi connectivity index (χ4v) is 3.08. The highest BCUT2D eigenvalue weighted by Gasteiger charge is 2.33. The average Bonchev–Trinajstić information content (AvgIpc) is 3.16. The lowest BCUT2D eigenvalue weighted by Crippen LogP contribution is -2.36. The van der Waals surface area contributed by atoms with E-state index in [9.17, 15) is 4.79 Å². The SMILES string of the molecule is CCN(C(=O)c1cccn1C1CCNCC1)C1CC1. The number of amides is 1. The van der Waals surface area contributed by atoms with Crippen LogP contribution in [0.15, 0.2) is 18.3 Å². The highest BCUT2D eigenvalue weighted by atomic mass is 16.2. The molecule has 0 bridgehead atoms. The first kappa shape index (κ1) is 12.7. The number of carbonyl (C=O) groups is 1. The second kappa shape index (κ2) is 5.37. The molecule has 2 fully saturated rings. The molecule has 4 heteroatoms. The molecule has 1 aliphatic heterocycles. The zero-order valence-electron chi connectivity index (χ0n) is 11.6. The molecule has 2 aliphatic rings. The van der Waals surface area contributed by atoms with Crippen molar-refractivity contribution in [2.24, 2.45) is 0 Å². The molecule has 0 radical (unpaired) electrons. The van der Waals surface area contributed by atoms with Crippen molar-refractivity contribution >= 4 is 5.91 Å². The number of piperidine rings is 1. The van der Waals surface area contributed by atoms with Gasteiger partial charge >= 0.3 is 0 Å². The monoisotopic (exact) mass is 261 g/mol. The van der Waals surface area contributed by atoms with E-state index in [0.717, 1.165) is 38.2 Å². The molecule has 1 aromatic rings. The van der Waals surface area contributed by atoms with E-state index < -0.39 is 0 Å². The van der Waals surface area contributed by atoms with E-state index in [4.69, 9.17) is 0 Å². The van der Waals surface area contributed by atoms with Crippen LogP contribution >= 0.6 is 0 Å². The Morgan fingerprint density at radius 1 is 1.37 bits per heavy atom. The average molecular weight is 261 g/mol. The summed E-state index contributed by atoms with van der Waals surface area (Å²) in [5, 5.41) is 3.38. The highest BCUT2D eigenvalue weighted by Crippen LogP contribution is 2.29. The summed E-state index contributed by atoms with van der Waals surface area (Å²) in [7, 11) is 0. The normalized spacial score (nSPS) is 20.5. The van der Waals surface area contributed by atoms with E-state index in [-0.39, 0.29) is 5.91 Å². The van der Waals surface area contributed by atoms with Crippen molar-refractivity contribution in [1.29, 1.82) is 0 Å². The molecule has 0 unspecified atom stereocenters. The summed E-state index contributed by atoms with van der Waals surface area (Å²) in [5.41, 5.74) is 0.876. The molecule has 1 aliphatic carbocycles. The molecule has 0 aromatic carbocycles. The van der Waals surface area contributed by atoms with Crippen molar-refractivity contribution in [1.82, 2.24) is 14.8 Å². The predicted molar refractivity (Wildman–Crippen MR) is 75.3 cm³/mol. The summed E-state index contributed by atoms with van der Waals surface area (Å²) in [6.45, 7) is 5.00. The maximum absolute atomic E-state index is 12.7. The van der Waals surface area contributed by atoms with Crippen LogP contribution in [0.3, 0.4) is 0 Å². The Morgan fingerprint density at radius 2 is 2.11 bits per heavy atom. The van der Waals surface area contributed by atoms with Gasteiger partial charge in [0.05, 0.1) is 0 Å². The molecule has 1 saturated heterocycles. The van der Waals surface area contributed by atoms with E-state index in [2.05, 4.69) is 23.0 Å². The number of hydrogen-bond acceptors (Lipinski definition) is 2. The molecule has 1 aromatic heterocycles. The van der Waals surface area contributed by atoms with Crippen LogP contribution in [0.25, 0.3) is 0 Å². The first-order valence-electron chi connectivity index (χ1n) is 7.49. The number of rotatable bonds is 4. The summed E-state index contributed by atoms with van der Waals surface area (Å²) in [4.78, 5) is 14.7. The Kier molecular flexibility index (Phi) is 3.60. The van der Waals surface area contributed by atoms with E-state index in [1.54, 1.807) is 0 Å². The van der Waals surface area contributed by atoms with Crippen LogP contribution in [-0.2, 0) is 0 Å². The second-order valence-corrected chi connectivity index (χ2v) is 5.60. The molecule has 1 amide bonds. The van der Waals surface area contributed by atoms with E-state index >= 15 is 0 Å². The van der Waals surface area contributed by atoms with Crippen LogP contribution in [0.2, 0.25) is 0 Å². The van der Waals surface area contributed by atoms with Gasteiger partial charge in [-0.15, -0.1) is 0 Å². The molecule has 1 N–H and O–H groups in total. The van der Waals surface area contributed by atoms with Gasteiger partial charge in [-0.3, -0.25) is 4.79 Å². The lowest BCUT2D eigenvalue weighted by atomic mass is 10.1. The van der Waals surface area contributed by atoms with Crippen molar-refractivity contribution in [3.8, 4) is 0 Å². The van der Waals surface area contributed by atoms with Crippen molar-refractivity contribution in [3.63, 3.8) is 0 Å². The minimum Gasteiger partial charge on any atom is -0.340 e. The number of nitrogens with one attached hydrogen (secondary N) is 1.